The molecule has 0 saturated heterocycles. The van der Waals surface area contributed by atoms with Gasteiger partial charge in [0.2, 0.25) is 0 Å². The maximum absolute atomic E-state index is 12.2. The maximum Gasteiger partial charge on any atom is 0.264 e. The van der Waals surface area contributed by atoms with Crippen molar-refractivity contribution in [2.24, 2.45) is 0 Å². The quantitative estimate of drug-likeness (QED) is 0.835. The van der Waals surface area contributed by atoms with Gasteiger partial charge in [0.25, 0.3) is 10.0 Å². The first-order valence-corrected chi connectivity index (χ1v) is 8.13. The van der Waals surface area contributed by atoms with Crippen LogP contribution in [0.4, 0.5) is 5.69 Å². The van der Waals surface area contributed by atoms with Gasteiger partial charge in [-0.25, -0.2) is 8.42 Å². The van der Waals surface area contributed by atoms with Crippen LogP contribution in [0, 0.1) is 6.92 Å². The molecule has 0 atom stereocenters. The van der Waals surface area contributed by atoms with E-state index in [1.54, 1.807) is 19.1 Å². The fourth-order valence-electron chi connectivity index (χ4n) is 1.48. The van der Waals surface area contributed by atoms with Crippen LogP contribution >= 0.6 is 34.5 Å². The molecule has 0 unspecified atom stereocenters. The zero-order valence-corrected chi connectivity index (χ0v) is 12.8. The summed E-state index contributed by atoms with van der Waals surface area (Å²) >= 11 is 12.5. The number of phenols is 1. The Hall–Kier alpha value is -0.950. The van der Waals surface area contributed by atoms with E-state index in [0.717, 1.165) is 11.3 Å². The van der Waals surface area contributed by atoms with Gasteiger partial charge >= 0.3 is 0 Å². The van der Waals surface area contributed by atoms with Crippen molar-refractivity contribution in [1.82, 2.24) is 0 Å². The summed E-state index contributed by atoms with van der Waals surface area (Å²) in [6, 6.07) is 5.97. The molecule has 0 fully saturated rings. The SMILES string of the molecule is Cc1cccc(O)c1NS(=O)(=O)c1cc(Cl)sc1Cl. The van der Waals surface area contributed by atoms with Crippen LogP contribution in [0.1, 0.15) is 5.56 Å². The molecule has 1 aromatic heterocycles. The highest BCUT2D eigenvalue weighted by Gasteiger charge is 2.22. The molecule has 0 saturated carbocycles. The van der Waals surface area contributed by atoms with E-state index in [-0.39, 0.29) is 25.0 Å². The molecule has 8 heteroatoms. The smallest absolute Gasteiger partial charge is 0.264 e. The first kappa shape index (κ1) is 14.5. The first-order chi connectivity index (χ1) is 8.81. The third-order valence-corrected chi connectivity index (χ3v) is 5.50. The Morgan fingerprint density at radius 3 is 2.53 bits per heavy atom. The number of rotatable bonds is 3. The Morgan fingerprint density at radius 2 is 2.00 bits per heavy atom. The molecule has 0 bridgehead atoms. The van der Waals surface area contributed by atoms with E-state index >= 15 is 0 Å². The van der Waals surface area contributed by atoms with Crippen molar-refractivity contribution in [3.05, 3.63) is 38.5 Å². The average molecular weight is 338 g/mol. The second-order valence-electron chi connectivity index (χ2n) is 3.76. The van der Waals surface area contributed by atoms with Crippen LogP contribution in [-0.2, 0) is 10.0 Å². The molecule has 102 valence electrons. The summed E-state index contributed by atoms with van der Waals surface area (Å²) in [6.45, 7) is 1.68. The van der Waals surface area contributed by atoms with Gasteiger partial charge < -0.3 is 5.11 Å². The summed E-state index contributed by atoms with van der Waals surface area (Å²) in [7, 11) is -3.88. The predicted molar refractivity (Wildman–Crippen MR) is 78.0 cm³/mol. The largest absolute Gasteiger partial charge is 0.506 e. The number of aromatic hydroxyl groups is 1. The summed E-state index contributed by atoms with van der Waals surface area (Å²) in [4.78, 5) is -0.105. The van der Waals surface area contributed by atoms with Crippen LogP contribution in [0.25, 0.3) is 0 Å². The highest BCUT2D eigenvalue weighted by Crippen LogP contribution is 2.36. The Balaban J connectivity index is 2.45. The van der Waals surface area contributed by atoms with Crippen LogP contribution in [-0.4, -0.2) is 13.5 Å². The van der Waals surface area contributed by atoms with E-state index in [2.05, 4.69) is 4.72 Å². The fourth-order valence-corrected chi connectivity index (χ4v) is 4.78. The molecule has 0 radical (unpaired) electrons. The minimum absolute atomic E-state index is 0.0746. The summed E-state index contributed by atoms with van der Waals surface area (Å²) in [5.74, 6) is -0.152. The number of benzene rings is 1. The third-order valence-electron chi connectivity index (χ3n) is 2.40. The van der Waals surface area contributed by atoms with Crippen molar-refractivity contribution in [1.29, 1.82) is 0 Å². The zero-order valence-electron chi connectivity index (χ0n) is 9.65. The van der Waals surface area contributed by atoms with Gasteiger partial charge in [0.1, 0.15) is 15.0 Å². The average Bonchev–Trinajstić information content (AvgIpc) is 2.64. The van der Waals surface area contributed by atoms with E-state index in [9.17, 15) is 13.5 Å². The normalized spacial score (nSPS) is 11.5. The molecule has 0 spiro atoms. The number of para-hydroxylation sites is 1. The lowest BCUT2D eigenvalue weighted by atomic mass is 10.2. The third kappa shape index (κ3) is 2.97. The Bertz CT molecular complexity index is 705. The number of sulfonamides is 1. The molecule has 0 aliphatic heterocycles. The number of halogens is 2. The van der Waals surface area contributed by atoms with Crippen LogP contribution < -0.4 is 4.72 Å². The van der Waals surface area contributed by atoms with E-state index in [0.29, 0.717) is 5.56 Å². The van der Waals surface area contributed by atoms with E-state index in [1.807, 2.05) is 0 Å². The van der Waals surface area contributed by atoms with Gasteiger partial charge in [0, 0.05) is 0 Å². The lowest BCUT2D eigenvalue weighted by molar-refractivity contribution is 0.477. The number of hydrogen-bond acceptors (Lipinski definition) is 4. The van der Waals surface area contributed by atoms with Crippen LogP contribution in [0.15, 0.2) is 29.2 Å². The zero-order chi connectivity index (χ0) is 14.2. The standard InChI is InChI=1S/C11H9Cl2NO3S2/c1-6-3-2-4-7(15)10(6)14-19(16,17)8-5-9(12)18-11(8)13/h2-5,14-15H,1H3. The number of aryl methyl sites for hydroxylation is 1. The number of anilines is 1. The Morgan fingerprint density at radius 1 is 1.32 bits per heavy atom. The highest BCUT2D eigenvalue weighted by molar-refractivity contribution is 7.93. The molecule has 0 aliphatic carbocycles. The number of hydrogen-bond donors (Lipinski definition) is 2. The number of thiophene rings is 1. The lowest BCUT2D eigenvalue weighted by Gasteiger charge is -2.11. The fraction of sp³-hybridized carbons (Fsp3) is 0.0909. The minimum Gasteiger partial charge on any atom is -0.506 e. The Labute approximate surface area is 124 Å². The summed E-state index contributed by atoms with van der Waals surface area (Å²) in [5, 5.41) is 9.69. The van der Waals surface area contributed by atoms with Crippen molar-refractivity contribution in [3.8, 4) is 5.75 Å². The van der Waals surface area contributed by atoms with E-state index in [1.165, 1.54) is 12.1 Å². The lowest BCUT2D eigenvalue weighted by Crippen LogP contribution is -2.13. The van der Waals surface area contributed by atoms with Gasteiger partial charge in [-0.2, -0.15) is 0 Å². The molecule has 1 aromatic carbocycles. The Kier molecular flexibility index (Phi) is 3.96. The molecular weight excluding hydrogens is 329 g/mol. The predicted octanol–water partition coefficient (Wildman–Crippen LogP) is 3.87. The van der Waals surface area contributed by atoms with Gasteiger partial charge in [-0.15, -0.1) is 11.3 Å². The van der Waals surface area contributed by atoms with Crippen LogP contribution in [0.2, 0.25) is 8.67 Å². The molecule has 4 nitrogen and oxygen atoms in total. The molecule has 1 heterocycles. The van der Waals surface area contributed by atoms with E-state index < -0.39 is 10.0 Å². The highest BCUT2D eigenvalue weighted by atomic mass is 35.5. The second-order valence-corrected chi connectivity index (χ2v) is 7.70. The molecule has 2 N–H and O–H groups in total. The minimum atomic E-state index is -3.88. The summed E-state index contributed by atoms with van der Waals surface area (Å²) in [6.07, 6.45) is 0. The number of nitrogens with one attached hydrogen (secondary N) is 1. The van der Waals surface area contributed by atoms with Gasteiger partial charge in [-0.1, -0.05) is 35.3 Å². The van der Waals surface area contributed by atoms with Crippen molar-refractivity contribution in [3.63, 3.8) is 0 Å². The van der Waals surface area contributed by atoms with Gasteiger partial charge in [-0.05, 0) is 24.6 Å². The maximum atomic E-state index is 12.2. The molecule has 19 heavy (non-hydrogen) atoms. The van der Waals surface area contributed by atoms with Crippen molar-refractivity contribution >= 4 is 50.2 Å². The summed E-state index contributed by atoms with van der Waals surface area (Å²) in [5.41, 5.74) is 0.724. The van der Waals surface area contributed by atoms with Crippen LogP contribution in [0.5, 0.6) is 5.75 Å². The summed E-state index contributed by atoms with van der Waals surface area (Å²) < 4.78 is 27.0. The van der Waals surface area contributed by atoms with Gasteiger partial charge in [-0.3, -0.25) is 4.72 Å². The molecule has 0 aliphatic rings. The topological polar surface area (TPSA) is 66.4 Å². The molecule has 2 aromatic rings. The van der Waals surface area contributed by atoms with Gasteiger partial charge in [0.15, 0.2) is 0 Å². The van der Waals surface area contributed by atoms with Crippen molar-refractivity contribution in [2.45, 2.75) is 11.8 Å². The van der Waals surface area contributed by atoms with Crippen LogP contribution in [0.3, 0.4) is 0 Å². The molecular formula is C11H9Cl2NO3S2. The van der Waals surface area contributed by atoms with Crippen molar-refractivity contribution < 1.29 is 13.5 Å². The second kappa shape index (κ2) is 5.20. The van der Waals surface area contributed by atoms with E-state index in [4.69, 9.17) is 23.2 Å². The first-order valence-electron chi connectivity index (χ1n) is 5.07. The van der Waals surface area contributed by atoms with Gasteiger partial charge in [0.05, 0.1) is 10.0 Å². The monoisotopic (exact) mass is 337 g/mol. The molecule has 2 rings (SSSR count). The number of phenolic OH excluding ortho intramolecular Hbond substituents is 1. The molecule has 0 amide bonds. The van der Waals surface area contributed by atoms with Crippen molar-refractivity contribution in [2.75, 3.05) is 4.72 Å².